The lowest BCUT2D eigenvalue weighted by atomic mass is 10.6. The average Bonchev–Trinajstić information content (AvgIpc) is 2.34. The van der Waals surface area contributed by atoms with E-state index in [9.17, 15) is 4.79 Å². The zero-order valence-electron chi connectivity index (χ0n) is 5.33. The van der Waals surface area contributed by atoms with Crippen LogP contribution in [0.2, 0.25) is 0 Å². The van der Waals surface area contributed by atoms with Crippen LogP contribution >= 0.6 is 0 Å². The molecule has 1 rings (SSSR count). The number of hydrogen-bond acceptors (Lipinski definition) is 4. The predicted molar refractivity (Wildman–Crippen MR) is 31.6 cm³/mol. The number of ether oxygens (including phenoxy) is 1. The van der Waals surface area contributed by atoms with E-state index < -0.39 is 5.91 Å². The molecule has 0 aromatic carbocycles. The Morgan fingerprint density at radius 1 is 1.90 bits per heavy atom. The minimum Gasteiger partial charge on any atom is -0.467 e. The molecule has 0 aliphatic carbocycles. The van der Waals surface area contributed by atoms with E-state index in [1.165, 1.54) is 13.3 Å². The molecule has 0 unspecified atom stereocenters. The number of oxazole rings is 1. The summed E-state index contributed by atoms with van der Waals surface area (Å²) in [7, 11) is 1.41. The van der Waals surface area contributed by atoms with Gasteiger partial charge in [0, 0.05) is 0 Å². The van der Waals surface area contributed by atoms with Crippen molar-refractivity contribution in [1.29, 1.82) is 0 Å². The van der Waals surface area contributed by atoms with Gasteiger partial charge >= 0.3 is 11.9 Å². The van der Waals surface area contributed by atoms with Gasteiger partial charge in [-0.05, 0) is 0 Å². The third-order valence-corrected chi connectivity index (χ3v) is 0.896. The van der Waals surface area contributed by atoms with Gasteiger partial charge in [-0.15, -0.1) is 0 Å². The Hall–Kier alpha value is -1.52. The van der Waals surface area contributed by atoms with Crippen LogP contribution in [-0.2, 0) is 0 Å². The van der Waals surface area contributed by atoms with Gasteiger partial charge in [0.15, 0.2) is 0 Å². The molecule has 1 amide bonds. The Morgan fingerprint density at radius 3 is 2.90 bits per heavy atom. The Kier molecular flexibility index (Phi) is 1.57. The monoisotopic (exact) mass is 142 g/mol. The molecule has 0 aliphatic rings. The molecular formula is C5H6N2O3. The minimum atomic E-state index is -0.705. The van der Waals surface area contributed by atoms with Crippen molar-refractivity contribution >= 4 is 5.91 Å². The lowest BCUT2D eigenvalue weighted by Gasteiger charge is -1.87. The SMILES string of the molecule is COc1cnc(C(N)=O)o1. The standard InChI is InChI=1S/C5H6N2O3/c1-9-3-2-7-5(10-3)4(6)8/h2H,1H3,(H2,6,8). The van der Waals surface area contributed by atoms with Gasteiger partial charge in [0.2, 0.25) is 0 Å². The number of nitrogens with two attached hydrogens (primary N) is 1. The Labute approximate surface area is 56.8 Å². The number of primary amides is 1. The highest BCUT2D eigenvalue weighted by Crippen LogP contribution is 2.09. The van der Waals surface area contributed by atoms with Crippen molar-refractivity contribution in [3.05, 3.63) is 12.1 Å². The maximum Gasteiger partial charge on any atom is 0.305 e. The van der Waals surface area contributed by atoms with Crippen LogP contribution in [0.1, 0.15) is 10.7 Å². The predicted octanol–water partition coefficient (Wildman–Crippen LogP) is -0.218. The van der Waals surface area contributed by atoms with E-state index in [1.807, 2.05) is 0 Å². The maximum absolute atomic E-state index is 10.3. The van der Waals surface area contributed by atoms with Crippen LogP contribution in [0.4, 0.5) is 0 Å². The largest absolute Gasteiger partial charge is 0.467 e. The highest BCUT2D eigenvalue weighted by atomic mass is 16.6. The van der Waals surface area contributed by atoms with E-state index in [1.54, 1.807) is 0 Å². The lowest BCUT2D eigenvalue weighted by Crippen LogP contribution is -2.10. The lowest BCUT2D eigenvalue weighted by molar-refractivity contribution is 0.0961. The Bertz CT molecular complexity index is 243. The molecule has 1 heterocycles. The van der Waals surface area contributed by atoms with E-state index in [-0.39, 0.29) is 11.8 Å². The van der Waals surface area contributed by atoms with Gasteiger partial charge in [0.05, 0.1) is 7.11 Å². The number of hydrogen-bond donors (Lipinski definition) is 1. The molecule has 2 N–H and O–H groups in total. The molecule has 0 radical (unpaired) electrons. The molecule has 54 valence electrons. The number of rotatable bonds is 2. The van der Waals surface area contributed by atoms with Crippen LogP contribution in [0.5, 0.6) is 5.95 Å². The summed E-state index contributed by atoms with van der Waals surface area (Å²) in [6.45, 7) is 0. The van der Waals surface area contributed by atoms with Gasteiger partial charge < -0.3 is 14.9 Å². The molecule has 1 aromatic heterocycles. The smallest absolute Gasteiger partial charge is 0.305 e. The third kappa shape index (κ3) is 1.07. The Morgan fingerprint density at radius 2 is 2.60 bits per heavy atom. The first-order chi connectivity index (χ1) is 4.74. The van der Waals surface area contributed by atoms with Crippen molar-refractivity contribution in [3.8, 4) is 5.95 Å². The van der Waals surface area contributed by atoms with Crippen LogP contribution in [-0.4, -0.2) is 18.0 Å². The zero-order valence-corrected chi connectivity index (χ0v) is 5.33. The van der Waals surface area contributed by atoms with Crippen LogP contribution in [0.3, 0.4) is 0 Å². The van der Waals surface area contributed by atoms with Crippen molar-refractivity contribution in [1.82, 2.24) is 4.98 Å². The number of amides is 1. The van der Waals surface area contributed by atoms with Crippen molar-refractivity contribution in [3.63, 3.8) is 0 Å². The van der Waals surface area contributed by atoms with E-state index >= 15 is 0 Å². The normalized spacial score (nSPS) is 9.30. The summed E-state index contributed by atoms with van der Waals surface area (Å²) < 4.78 is 9.29. The fraction of sp³-hybridized carbons (Fsp3) is 0.200. The first-order valence-electron chi connectivity index (χ1n) is 2.53. The van der Waals surface area contributed by atoms with Crippen LogP contribution in [0, 0.1) is 0 Å². The minimum absolute atomic E-state index is 0.142. The van der Waals surface area contributed by atoms with E-state index in [4.69, 9.17) is 5.73 Å². The molecule has 0 fully saturated rings. The van der Waals surface area contributed by atoms with Gasteiger partial charge in [-0.2, -0.15) is 0 Å². The number of nitrogens with zero attached hydrogens (tertiary/aromatic N) is 1. The summed E-state index contributed by atoms with van der Waals surface area (Å²) in [5.74, 6) is -0.672. The first kappa shape index (κ1) is 6.60. The van der Waals surface area contributed by atoms with Gasteiger partial charge in [0.25, 0.3) is 5.89 Å². The van der Waals surface area contributed by atoms with Gasteiger partial charge in [-0.1, -0.05) is 0 Å². The average molecular weight is 142 g/mol. The second-order valence-electron chi connectivity index (χ2n) is 1.55. The fourth-order valence-corrected chi connectivity index (χ4v) is 0.468. The molecule has 0 saturated carbocycles. The van der Waals surface area contributed by atoms with Crippen molar-refractivity contribution in [2.45, 2.75) is 0 Å². The van der Waals surface area contributed by atoms with Gasteiger partial charge in [-0.25, -0.2) is 4.98 Å². The number of methoxy groups -OCH3 is 1. The highest BCUT2D eigenvalue weighted by molar-refractivity contribution is 5.87. The van der Waals surface area contributed by atoms with Crippen LogP contribution in [0.25, 0.3) is 0 Å². The molecule has 1 aromatic rings. The van der Waals surface area contributed by atoms with E-state index in [2.05, 4.69) is 14.1 Å². The summed E-state index contributed by atoms with van der Waals surface area (Å²) in [6, 6.07) is 0. The van der Waals surface area contributed by atoms with Gasteiger partial charge in [-0.3, -0.25) is 4.79 Å². The van der Waals surface area contributed by atoms with Crippen molar-refractivity contribution < 1.29 is 13.9 Å². The topological polar surface area (TPSA) is 78.4 Å². The second kappa shape index (κ2) is 2.38. The highest BCUT2D eigenvalue weighted by Gasteiger charge is 2.07. The summed E-state index contributed by atoms with van der Waals surface area (Å²) in [4.78, 5) is 13.9. The molecular weight excluding hydrogens is 136 g/mol. The molecule has 10 heavy (non-hydrogen) atoms. The molecule has 0 saturated heterocycles. The molecule has 5 nitrogen and oxygen atoms in total. The van der Waals surface area contributed by atoms with E-state index in [0.717, 1.165) is 0 Å². The molecule has 0 bridgehead atoms. The zero-order chi connectivity index (χ0) is 7.56. The summed E-state index contributed by atoms with van der Waals surface area (Å²) in [6.07, 6.45) is 1.28. The van der Waals surface area contributed by atoms with Crippen LogP contribution in [0.15, 0.2) is 10.6 Å². The number of carbonyl (C=O) groups excluding carboxylic acids is 1. The summed E-state index contributed by atoms with van der Waals surface area (Å²) in [5, 5.41) is 0. The molecule has 0 aliphatic heterocycles. The summed E-state index contributed by atoms with van der Waals surface area (Å²) in [5.41, 5.74) is 4.83. The molecule has 5 heteroatoms. The second-order valence-corrected chi connectivity index (χ2v) is 1.55. The Balaban J connectivity index is 2.88. The molecule has 0 spiro atoms. The maximum atomic E-state index is 10.3. The summed E-state index contributed by atoms with van der Waals surface area (Å²) >= 11 is 0. The number of aromatic nitrogens is 1. The number of carbonyl (C=O) groups is 1. The quantitative estimate of drug-likeness (QED) is 0.619. The van der Waals surface area contributed by atoms with Gasteiger partial charge in [0.1, 0.15) is 6.20 Å². The molecule has 0 atom stereocenters. The third-order valence-electron chi connectivity index (χ3n) is 0.896. The van der Waals surface area contributed by atoms with E-state index in [0.29, 0.717) is 0 Å². The van der Waals surface area contributed by atoms with Crippen LogP contribution < -0.4 is 10.5 Å². The van der Waals surface area contributed by atoms with Crippen molar-refractivity contribution in [2.24, 2.45) is 5.73 Å². The van der Waals surface area contributed by atoms with Crippen molar-refractivity contribution in [2.75, 3.05) is 7.11 Å². The first-order valence-corrected chi connectivity index (χ1v) is 2.53. The fourth-order valence-electron chi connectivity index (χ4n) is 0.468.